The van der Waals surface area contributed by atoms with E-state index in [2.05, 4.69) is 10.3 Å². The molecule has 1 aromatic heterocycles. The van der Waals surface area contributed by atoms with E-state index in [1.165, 1.54) is 12.3 Å². The molecule has 1 aromatic carbocycles. The van der Waals surface area contributed by atoms with Crippen molar-refractivity contribution in [1.82, 2.24) is 4.98 Å². The molecule has 7 heteroatoms. The van der Waals surface area contributed by atoms with Gasteiger partial charge in [-0.15, -0.1) is 0 Å². The molecule has 0 atom stereocenters. The van der Waals surface area contributed by atoms with Gasteiger partial charge in [0.2, 0.25) is 0 Å². The fourth-order valence-corrected chi connectivity index (χ4v) is 2.14. The van der Waals surface area contributed by atoms with Crippen molar-refractivity contribution >= 4 is 22.3 Å². The molecular weight excluding hydrogens is 274 g/mol. The van der Waals surface area contributed by atoms with Crippen LogP contribution < -0.4 is 5.32 Å². The van der Waals surface area contributed by atoms with Gasteiger partial charge in [0, 0.05) is 23.3 Å². The third-order valence-corrected chi connectivity index (χ3v) is 3.63. The maximum atomic E-state index is 11.0. The van der Waals surface area contributed by atoms with Crippen molar-refractivity contribution < 1.29 is 15.1 Å². The second-order valence-corrected chi connectivity index (χ2v) is 4.86. The largest absolute Gasteiger partial charge is 0.394 e. The standard InChI is InChI=1S/C14H17N3O4/c1-2-14(8-18,9-19)16-11-6-7-15-13-10(11)4-3-5-12(13)17(20)21/h3-7,18-19H,2,8-9H2,1H3,(H,15,16). The molecule has 0 aliphatic rings. The Hall–Kier alpha value is -2.25. The van der Waals surface area contributed by atoms with Gasteiger partial charge in [-0.05, 0) is 12.5 Å². The van der Waals surface area contributed by atoms with Crippen LogP contribution in [-0.4, -0.2) is 38.9 Å². The maximum absolute atomic E-state index is 11.0. The highest BCUT2D eigenvalue weighted by Gasteiger charge is 2.27. The SMILES string of the molecule is CCC(CO)(CO)Nc1ccnc2c([N+](=O)[O-])cccc12. The fourth-order valence-electron chi connectivity index (χ4n) is 2.14. The second kappa shape index (κ2) is 6.02. The topological polar surface area (TPSA) is 109 Å². The van der Waals surface area contributed by atoms with Gasteiger partial charge >= 0.3 is 0 Å². The number of anilines is 1. The summed E-state index contributed by atoms with van der Waals surface area (Å²) in [7, 11) is 0. The molecule has 2 aromatic rings. The zero-order valence-electron chi connectivity index (χ0n) is 11.6. The molecule has 0 bridgehead atoms. The molecule has 0 fully saturated rings. The van der Waals surface area contributed by atoms with Gasteiger partial charge in [-0.1, -0.05) is 19.1 Å². The number of nitro benzene ring substituents is 1. The van der Waals surface area contributed by atoms with E-state index in [0.29, 0.717) is 17.5 Å². The van der Waals surface area contributed by atoms with Crippen LogP contribution in [0.4, 0.5) is 11.4 Å². The Labute approximate surface area is 121 Å². The number of aliphatic hydroxyl groups is 2. The predicted molar refractivity (Wildman–Crippen MR) is 79.2 cm³/mol. The number of hydrogen-bond acceptors (Lipinski definition) is 6. The number of nitrogens with zero attached hydrogens (tertiary/aromatic N) is 2. The number of nitrogens with one attached hydrogen (secondary N) is 1. The highest BCUT2D eigenvalue weighted by Crippen LogP contribution is 2.30. The van der Waals surface area contributed by atoms with Crippen molar-refractivity contribution in [2.24, 2.45) is 0 Å². The van der Waals surface area contributed by atoms with Gasteiger partial charge in [-0.2, -0.15) is 0 Å². The highest BCUT2D eigenvalue weighted by molar-refractivity contribution is 5.96. The Balaban J connectivity index is 2.56. The minimum atomic E-state index is -0.876. The van der Waals surface area contributed by atoms with Crippen molar-refractivity contribution in [3.05, 3.63) is 40.6 Å². The van der Waals surface area contributed by atoms with Crippen LogP contribution in [0.15, 0.2) is 30.5 Å². The molecule has 0 radical (unpaired) electrons. The van der Waals surface area contributed by atoms with Crippen LogP contribution in [0, 0.1) is 10.1 Å². The minimum absolute atomic E-state index is 0.0776. The van der Waals surface area contributed by atoms with Crippen molar-refractivity contribution in [1.29, 1.82) is 0 Å². The van der Waals surface area contributed by atoms with Crippen LogP contribution in [0.3, 0.4) is 0 Å². The van der Waals surface area contributed by atoms with Crippen LogP contribution >= 0.6 is 0 Å². The lowest BCUT2D eigenvalue weighted by atomic mass is 9.97. The Morgan fingerprint density at radius 2 is 2.05 bits per heavy atom. The van der Waals surface area contributed by atoms with Crippen molar-refractivity contribution in [2.45, 2.75) is 18.9 Å². The van der Waals surface area contributed by atoms with E-state index in [-0.39, 0.29) is 24.4 Å². The number of nitro groups is 1. The summed E-state index contributed by atoms with van der Waals surface area (Å²) >= 11 is 0. The van der Waals surface area contributed by atoms with E-state index >= 15 is 0 Å². The number of fused-ring (bicyclic) bond motifs is 1. The van der Waals surface area contributed by atoms with E-state index in [1.807, 2.05) is 6.92 Å². The van der Waals surface area contributed by atoms with Gasteiger partial charge in [-0.25, -0.2) is 4.98 Å². The summed E-state index contributed by atoms with van der Waals surface area (Å²) in [6.45, 7) is 1.34. The number of rotatable bonds is 6. The van der Waals surface area contributed by atoms with Gasteiger partial charge in [0.25, 0.3) is 5.69 Å². The zero-order valence-corrected chi connectivity index (χ0v) is 11.6. The average Bonchev–Trinajstić information content (AvgIpc) is 2.52. The van der Waals surface area contributed by atoms with Crippen LogP contribution in [-0.2, 0) is 0 Å². The average molecular weight is 291 g/mol. The Kier molecular flexibility index (Phi) is 4.35. The monoisotopic (exact) mass is 291 g/mol. The lowest BCUT2D eigenvalue weighted by Crippen LogP contribution is -2.45. The highest BCUT2D eigenvalue weighted by atomic mass is 16.6. The lowest BCUT2D eigenvalue weighted by Gasteiger charge is -2.31. The summed E-state index contributed by atoms with van der Waals surface area (Å²) in [6, 6.07) is 6.36. The number of non-ortho nitro benzene ring substituents is 1. The van der Waals surface area contributed by atoms with Crippen LogP contribution in [0.1, 0.15) is 13.3 Å². The zero-order chi connectivity index (χ0) is 15.5. The number of aliphatic hydroxyl groups excluding tert-OH is 2. The van der Waals surface area contributed by atoms with Crippen LogP contribution in [0.2, 0.25) is 0 Å². The Bertz CT molecular complexity index is 647. The van der Waals surface area contributed by atoms with Crippen LogP contribution in [0.5, 0.6) is 0 Å². The molecule has 0 spiro atoms. The summed E-state index contributed by atoms with van der Waals surface area (Å²) in [6.07, 6.45) is 1.96. The molecule has 7 nitrogen and oxygen atoms in total. The first-order valence-corrected chi connectivity index (χ1v) is 6.59. The molecule has 0 saturated heterocycles. The number of para-hydroxylation sites is 1. The summed E-state index contributed by atoms with van der Waals surface area (Å²) < 4.78 is 0. The maximum Gasteiger partial charge on any atom is 0.295 e. The van der Waals surface area contributed by atoms with Gasteiger partial charge < -0.3 is 15.5 Å². The molecule has 0 aliphatic heterocycles. The molecule has 3 N–H and O–H groups in total. The molecule has 0 saturated carbocycles. The molecule has 0 amide bonds. The summed E-state index contributed by atoms with van der Waals surface area (Å²) in [4.78, 5) is 14.6. The van der Waals surface area contributed by atoms with Gasteiger partial charge in [-0.3, -0.25) is 10.1 Å². The number of hydrogen-bond donors (Lipinski definition) is 3. The third-order valence-electron chi connectivity index (χ3n) is 3.63. The molecule has 0 aliphatic carbocycles. The minimum Gasteiger partial charge on any atom is -0.394 e. The first kappa shape index (κ1) is 15.1. The fraction of sp³-hybridized carbons (Fsp3) is 0.357. The quantitative estimate of drug-likeness (QED) is 0.552. The van der Waals surface area contributed by atoms with Gasteiger partial charge in [0.05, 0.1) is 23.7 Å². The van der Waals surface area contributed by atoms with Gasteiger partial charge in [0.15, 0.2) is 0 Å². The smallest absolute Gasteiger partial charge is 0.295 e. The molecule has 112 valence electrons. The second-order valence-electron chi connectivity index (χ2n) is 4.86. The summed E-state index contributed by atoms with van der Waals surface area (Å²) in [5.41, 5.74) is -0.0906. The number of aromatic nitrogens is 1. The van der Waals surface area contributed by atoms with Crippen molar-refractivity contribution in [2.75, 3.05) is 18.5 Å². The van der Waals surface area contributed by atoms with E-state index in [9.17, 15) is 20.3 Å². The molecule has 1 heterocycles. The van der Waals surface area contributed by atoms with E-state index < -0.39 is 10.5 Å². The van der Waals surface area contributed by atoms with E-state index in [4.69, 9.17) is 0 Å². The van der Waals surface area contributed by atoms with Crippen molar-refractivity contribution in [3.63, 3.8) is 0 Å². The van der Waals surface area contributed by atoms with Crippen LogP contribution in [0.25, 0.3) is 10.9 Å². The predicted octanol–water partition coefficient (Wildman–Crippen LogP) is 1.69. The molecule has 2 rings (SSSR count). The lowest BCUT2D eigenvalue weighted by molar-refractivity contribution is -0.383. The first-order chi connectivity index (χ1) is 10.1. The normalized spacial score (nSPS) is 11.6. The summed E-state index contributed by atoms with van der Waals surface area (Å²) in [5.74, 6) is 0. The van der Waals surface area contributed by atoms with Crippen molar-refractivity contribution in [3.8, 4) is 0 Å². The van der Waals surface area contributed by atoms with E-state index in [0.717, 1.165) is 0 Å². The Morgan fingerprint density at radius 1 is 1.33 bits per heavy atom. The molecule has 0 unspecified atom stereocenters. The number of benzene rings is 1. The van der Waals surface area contributed by atoms with E-state index in [1.54, 1.807) is 18.2 Å². The van der Waals surface area contributed by atoms with Gasteiger partial charge in [0.1, 0.15) is 5.52 Å². The number of pyridine rings is 1. The Morgan fingerprint density at radius 3 is 2.62 bits per heavy atom. The molecular formula is C14H17N3O4. The third kappa shape index (κ3) is 2.79. The summed E-state index contributed by atoms with van der Waals surface area (Å²) in [5, 5.41) is 33.7. The first-order valence-electron chi connectivity index (χ1n) is 6.59. The molecule has 21 heavy (non-hydrogen) atoms.